The van der Waals surface area contributed by atoms with Crippen LogP contribution in [0.25, 0.3) is 0 Å². The van der Waals surface area contributed by atoms with Gasteiger partial charge in [-0.15, -0.1) is 0 Å². The molecule has 1 nitrogen and oxygen atoms in total. The first-order chi connectivity index (χ1) is 7.96. The number of halogens is 1. The van der Waals surface area contributed by atoms with E-state index in [-0.39, 0.29) is 11.2 Å². The summed E-state index contributed by atoms with van der Waals surface area (Å²) in [5.41, 5.74) is 2.50. The van der Waals surface area contributed by atoms with Gasteiger partial charge in [0.1, 0.15) is 5.82 Å². The van der Waals surface area contributed by atoms with Gasteiger partial charge in [-0.25, -0.2) is 4.39 Å². The molecule has 17 heavy (non-hydrogen) atoms. The van der Waals surface area contributed by atoms with Gasteiger partial charge in [0.2, 0.25) is 0 Å². The average molecular weight is 235 g/mol. The van der Waals surface area contributed by atoms with Crippen molar-refractivity contribution in [3.05, 3.63) is 35.1 Å². The number of benzene rings is 1. The van der Waals surface area contributed by atoms with Crippen LogP contribution in [0.15, 0.2) is 18.2 Å². The molecule has 0 aliphatic heterocycles. The molecule has 0 saturated heterocycles. The molecule has 0 aromatic heterocycles. The zero-order valence-corrected chi connectivity index (χ0v) is 11.0. The minimum Gasteiger partial charge on any atom is -0.313 e. The van der Waals surface area contributed by atoms with Crippen molar-refractivity contribution in [1.82, 2.24) is 5.32 Å². The Kier molecular flexibility index (Phi) is 3.53. The molecule has 1 fully saturated rings. The van der Waals surface area contributed by atoms with Crippen molar-refractivity contribution in [3.8, 4) is 0 Å². The van der Waals surface area contributed by atoms with Crippen LogP contribution >= 0.6 is 0 Å². The third-order valence-electron chi connectivity index (χ3n) is 3.43. The predicted octanol–water partition coefficient (Wildman–Crippen LogP) is 3.45. The minimum atomic E-state index is -0.128. The molecule has 0 spiro atoms. The Morgan fingerprint density at radius 1 is 1.35 bits per heavy atom. The SMILES string of the molecule is Cc1ccc(F)cc1CC(C)(C)CNC1CC1. The first-order valence-electron chi connectivity index (χ1n) is 6.45. The van der Waals surface area contributed by atoms with Gasteiger partial charge in [-0.3, -0.25) is 0 Å². The summed E-state index contributed by atoms with van der Waals surface area (Å²) in [7, 11) is 0. The third-order valence-corrected chi connectivity index (χ3v) is 3.43. The van der Waals surface area contributed by atoms with E-state index in [1.165, 1.54) is 24.5 Å². The summed E-state index contributed by atoms with van der Waals surface area (Å²) >= 11 is 0. The molecule has 0 radical (unpaired) electrons. The molecule has 1 saturated carbocycles. The van der Waals surface area contributed by atoms with Crippen LogP contribution < -0.4 is 5.32 Å². The lowest BCUT2D eigenvalue weighted by Crippen LogP contribution is -2.32. The van der Waals surface area contributed by atoms with E-state index < -0.39 is 0 Å². The molecule has 0 bridgehead atoms. The largest absolute Gasteiger partial charge is 0.313 e. The van der Waals surface area contributed by atoms with Crippen LogP contribution in [0.4, 0.5) is 4.39 Å². The van der Waals surface area contributed by atoms with E-state index >= 15 is 0 Å². The van der Waals surface area contributed by atoms with E-state index in [4.69, 9.17) is 0 Å². The molecule has 1 aromatic carbocycles. The lowest BCUT2D eigenvalue weighted by Gasteiger charge is -2.26. The van der Waals surface area contributed by atoms with Crippen LogP contribution in [0, 0.1) is 18.2 Å². The highest BCUT2D eigenvalue weighted by Crippen LogP contribution is 2.26. The van der Waals surface area contributed by atoms with E-state index in [1.54, 1.807) is 6.07 Å². The molecule has 0 unspecified atom stereocenters. The number of nitrogens with one attached hydrogen (secondary N) is 1. The Balaban J connectivity index is 1.99. The van der Waals surface area contributed by atoms with Crippen LogP contribution in [-0.4, -0.2) is 12.6 Å². The lowest BCUT2D eigenvalue weighted by atomic mass is 9.84. The highest BCUT2D eigenvalue weighted by molar-refractivity contribution is 5.27. The topological polar surface area (TPSA) is 12.0 Å². The second kappa shape index (κ2) is 4.77. The summed E-state index contributed by atoms with van der Waals surface area (Å²) in [6.07, 6.45) is 3.56. The Bertz CT molecular complexity index is 394. The fourth-order valence-electron chi connectivity index (χ4n) is 2.12. The van der Waals surface area contributed by atoms with Crippen LogP contribution in [0.1, 0.15) is 37.8 Å². The molecule has 2 rings (SSSR count). The van der Waals surface area contributed by atoms with Crippen LogP contribution in [0.2, 0.25) is 0 Å². The van der Waals surface area contributed by atoms with Crippen molar-refractivity contribution in [2.75, 3.05) is 6.54 Å². The van der Waals surface area contributed by atoms with Crippen molar-refractivity contribution in [3.63, 3.8) is 0 Å². The Morgan fingerprint density at radius 2 is 2.06 bits per heavy atom. The normalized spacial score (nSPS) is 16.2. The van der Waals surface area contributed by atoms with Gasteiger partial charge < -0.3 is 5.32 Å². The molecule has 94 valence electrons. The van der Waals surface area contributed by atoms with Gasteiger partial charge in [0, 0.05) is 12.6 Å². The van der Waals surface area contributed by atoms with Crippen LogP contribution in [0.3, 0.4) is 0 Å². The summed E-state index contributed by atoms with van der Waals surface area (Å²) in [4.78, 5) is 0. The maximum atomic E-state index is 13.2. The lowest BCUT2D eigenvalue weighted by molar-refractivity contribution is 0.336. The van der Waals surface area contributed by atoms with Crippen molar-refractivity contribution >= 4 is 0 Å². The second-order valence-electron chi connectivity index (χ2n) is 6.07. The van der Waals surface area contributed by atoms with Crippen molar-refractivity contribution in [2.45, 2.75) is 46.1 Å². The second-order valence-corrected chi connectivity index (χ2v) is 6.07. The van der Waals surface area contributed by atoms with E-state index in [1.807, 2.05) is 6.07 Å². The van der Waals surface area contributed by atoms with E-state index in [0.29, 0.717) is 0 Å². The Morgan fingerprint density at radius 3 is 2.71 bits per heavy atom. The zero-order chi connectivity index (χ0) is 12.5. The molecular formula is C15H22FN. The highest BCUT2D eigenvalue weighted by Gasteiger charge is 2.25. The van der Waals surface area contributed by atoms with E-state index in [0.717, 1.165) is 24.6 Å². The van der Waals surface area contributed by atoms with Crippen LogP contribution in [0.5, 0.6) is 0 Å². The quantitative estimate of drug-likeness (QED) is 0.824. The Hall–Kier alpha value is -0.890. The molecule has 0 amide bonds. The molecule has 1 aromatic rings. The van der Waals surface area contributed by atoms with Crippen molar-refractivity contribution < 1.29 is 4.39 Å². The summed E-state index contributed by atoms with van der Waals surface area (Å²) in [6.45, 7) is 7.55. The summed E-state index contributed by atoms with van der Waals surface area (Å²) < 4.78 is 13.2. The number of hydrogen-bond donors (Lipinski definition) is 1. The molecule has 1 aliphatic carbocycles. The highest BCUT2D eigenvalue weighted by atomic mass is 19.1. The van der Waals surface area contributed by atoms with Crippen molar-refractivity contribution in [2.24, 2.45) is 5.41 Å². The summed E-state index contributed by atoms with van der Waals surface area (Å²) in [6, 6.07) is 5.82. The molecule has 1 N–H and O–H groups in total. The van der Waals surface area contributed by atoms with Gasteiger partial charge >= 0.3 is 0 Å². The standard InChI is InChI=1S/C15H22FN/c1-11-4-5-13(16)8-12(11)9-15(2,3)10-17-14-6-7-14/h4-5,8,14,17H,6-7,9-10H2,1-3H3. The predicted molar refractivity (Wildman–Crippen MR) is 69.6 cm³/mol. The zero-order valence-electron chi connectivity index (χ0n) is 11.0. The van der Waals surface area contributed by atoms with Gasteiger partial charge in [-0.1, -0.05) is 19.9 Å². The van der Waals surface area contributed by atoms with Gasteiger partial charge in [0.15, 0.2) is 0 Å². The van der Waals surface area contributed by atoms with Crippen molar-refractivity contribution in [1.29, 1.82) is 0 Å². The number of hydrogen-bond acceptors (Lipinski definition) is 1. The summed E-state index contributed by atoms with van der Waals surface area (Å²) in [5.74, 6) is -0.128. The van der Waals surface area contributed by atoms with Crippen LogP contribution in [-0.2, 0) is 6.42 Å². The maximum absolute atomic E-state index is 13.2. The fourth-order valence-corrected chi connectivity index (χ4v) is 2.12. The molecule has 0 heterocycles. The van der Waals surface area contributed by atoms with Gasteiger partial charge in [0.05, 0.1) is 0 Å². The number of aryl methyl sites for hydroxylation is 1. The van der Waals surface area contributed by atoms with Gasteiger partial charge in [0.25, 0.3) is 0 Å². The third kappa shape index (κ3) is 3.81. The molecule has 2 heteroatoms. The van der Waals surface area contributed by atoms with E-state index in [2.05, 4.69) is 26.1 Å². The fraction of sp³-hybridized carbons (Fsp3) is 0.600. The van der Waals surface area contributed by atoms with Gasteiger partial charge in [-0.2, -0.15) is 0 Å². The molecule has 0 atom stereocenters. The van der Waals surface area contributed by atoms with E-state index in [9.17, 15) is 4.39 Å². The average Bonchev–Trinajstić information content (AvgIpc) is 3.04. The monoisotopic (exact) mass is 235 g/mol. The summed E-state index contributed by atoms with van der Waals surface area (Å²) in [5, 5.41) is 3.56. The Labute approximate surface area is 103 Å². The maximum Gasteiger partial charge on any atom is 0.123 e. The minimum absolute atomic E-state index is 0.128. The first kappa shape index (κ1) is 12.6. The first-order valence-corrected chi connectivity index (χ1v) is 6.45. The van der Waals surface area contributed by atoms with Gasteiger partial charge in [-0.05, 0) is 54.9 Å². The smallest absolute Gasteiger partial charge is 0.123 e. The molecular weight excluding hydrogens is 213 g/mol. The number of rotatable bonds is 5. The molecule has 1 aliphatic rings.